The minimum absolute atomic E-state index is 0.777. The molecule has 2 heterocycles. The zero-order chi connectivity index (χ0) is 16.9. The van der Waals surface area contributed by atoms with Crippen LogP contribution in [0.15, 0.2) is 36.4 Å². The number of piperazine rings is 1. The lowest BCUT2D eigenvalue weighted by molar-refractivity contribution is 0.112. The Hall–Kier alpha value is -1.92. The van der Waals surface area contributed by atoms with Crippen LogP contribution < -0.4 is 10.2 Å². The normalized spacial score (nSPS) is 14.5. The van der Waals surface area contributed by atoms with E-state index in [-0.39, 0.29) is 0 Å². The van der Waals surface area contributed by atoms with E-state index in [0.29, 0.717) is 0 Å². The van der Waals surface area contributed by atoms with Gasteiger partial charge in [-0.2, -0.15) is 0 Å². The Kier molecular flexibility index (Phi) is 5.48. The highest BCUT2D eigenvalue weighted by molar-refractivity contribution is 7.80. The Morgan fingerprint density at radius 2 is 1.88 bits per heavy atom. The third kappa shape index (κ3) is 3.94. The van der Waals surface area contributed by atoms with E-state index in [1.54, 1.807) is 11.3 Å². The van der Waals surface area contributed by atoms with E-state index in [2.05, 4.69) is 46.3 Å². The van der Waals surface area contributed by atoms with E-state index in [0.717, 1.165) is 59.6 Å². The minimum Gasteiger partial charge on any atom is -0.360 e. The summed E-state index contributed by atoms with van der Waals surface area (Å²) in [6.45, 7) is 5.74. The molecule has 1 aliphatic rings. The van der Waals surface area contributed by atoms with Crippen LogP contribution in [0.3, 0.4) is 0 Å². The van der Waals surface area contributed by atoms with Crippen molar-refractivity contribution < 1.29 is 4.79 Å². The molecule has 1 aliphatic heterocycles. The van der Waals surface area contributed by atoms with Crippen molar-refractivity contribution in [2.24, 2.45) is 0 Å². The molecule has 0 unspecified atom stereocenters. The van der Waals surface area contributed by atoms with E-state index in [1.807, 2.05) is 12.1 Å². The first kappa shape index (κ1) is 16.9. The molecular weight excluding hydrogens is 338 g/mol. The number of carbonyl (C=O) groups excluding carboxylic acids is 1. The summed E-state index contributed by atoms with van der Waals surface area (Å²) in [4.78, 5) is 16.1. The van der Waals surface area contributed by atoms with Crippen LogP contribution in [-0.4, -0.2) is 42.5 Å². The van der Waals surface area contributed by atoms with Crippen molar-refractivity contribution in [3.05, 3.63) is 46.8 Å². The summed E-state index contributed by atoms with van der Waals surface area (Å²) in [6.07, 6.45) is 1.95. The molecule has 0 radical (unpaired) electrons. The Morgan fingerprint density at radius 3 is 2.46 bits per heavy atom. The van der Waals surface area contributed by atoms with E-state index >= 15 is 0 Å². The molecular formula is C18H21N3OS2. The number of anilines is 2. The standard InChI is InChI=1S/C18H21N3OS2/c1-2-14-3-5-15(6-4-14)19-18(23)21-11-9-20(10-12-21)17-8-7-16(13-22)24-17/h3-8,13H,2,9-12H2,1H3,(H,19,23). The first-order chi connectivity index (χ1) is 11.7. The lowest BCUT2D eigenvalue weighted by atomic mass is 10.1. The van der Waals surface area contributed by atoms with Crippen LogP contribution in [0.1, 0.15) is 22.2 Å². The first-order valence-electron chi connectivity index (χ1n) is 8.14. The number of nitrogens with one attached hydrogen (secondary N) is 1. The van der Waals surface area contributed by atoms with Crippen LogP contribution >= 0.6 is 23.6 Å². The lowest BCUT2D eigenvalue weighted by Crippen LogP contribution is -2.49. The second-order valence-electron chi connectivity index (χ2n) is 5.75. The van der Waals surface area contributed by atoms with Gasteiger partial charge >= 0.3 is 0 Å². The van der Waals surface area contributed by atoms with Gasteiger partial charge in [-0.3, -0.25) is 4.79 Å². The van der Waals surface area contributed by atoms with E-state index in [4.69, 9.17) is 12.2 Å². The average Bonchev–Trinajstić information content (AvgIpc) is 3.11. The maximum atomic E-state index is 10.8. The molecule has 1 saturated heterocycles. The van der Waals surface area contributed by atoms with Crippen LogP contribution in [0.25, 0.3) is 0 Å². The molecule has 2 aromatic rings. The third-order valence-corrected chi connectivity index (χ3v) is 5.65. The highest BCUT2D eigenvalue weighted by atomic mass is 32.1. The number of thiophene rings is 1. The van der Waals surface area contributed by atoms with Gasteiger partial charge in [-0.1, -0.05) is 19.1 Å². The van der Waals surface area contributed by atoms with Crippen LogP contribution in [0.4, 0.5) is 10.7 Å². The smallest absolute Gasteiger partial charge is 0.173 e. The molecule has 0 spiro atoms. The average molecular weight is 360 g/mol. The monoisotopic (exact) mass is 359 g/mol. The van der Waals surface area contributed by atoms with Gasteiger partial charge in [-0.15, -0.1) is 11.3 Å². The number of rotatable bonds is 4. The van der Waals surface area contributed by atoms with E-state index in [1.165, 1.54) is 5.56 Å². The van der Waals surface area contributed by atoms with Gasteiger partial charge < -0.3 is 15.1 Å². The molecule has 3 rings (SSSR count). The third-order valence-electron chi connectivity index (χ3n) is 4.22. The number of aldehydes is 1. The highest BCUT2D eigenvalue weighted by Crippen LogP contribution is 2.26. The maximum Gasteiger partial charge on any atom is 0.173 e. The molecule has 1 N–H and O–H groups in total. The van der Waals surface area contributed by atoms with Gasteiger partial charge in [0.05, 0.1) is 9.88 Å². The summed E-state index contributed by atoms with van der Waals surface area (Å²) in [5.74, 6) is 0. The Labute approximate surface area is 152 Å². The van der Waals surface area contributed by atoms with Crippen LogP contribution in [0.5, 0.6) is 0 Å². The fourth-order valence-corrected chi connectivity index (χ4v) is 3.91. The van der Waals surface area contributed by atoms with Gasteiger partial charge in [-0.05, 0) is 48.5 Å². The number of carbonyl (C=O) groups is 1. The summed E-state index contributed by atoms with van der Waals surface area (Å²) >= 11 is 7.09. The minimum atomic E-state index is 0.777. The molecule has 0 amide bonds. The number of hydrogen-bond donors (Lipinski definition) is 1. The predicted octanol–water partition coefficient (Wildman–Crippen LogP) is 3.64. The number of aryl methyl sites for hydroxylation is 1. The second-order valence-corrected chi connectivity index (χ2v) is 7.23. The summed E-state index contributed by atoms with van der Waals surface area (Å²) in [6, 6.07) is 12.3. The maximum absolute atomic E-state index is 10.8. The molecule has 126 valence electrons. The van der Waals surface area contributed by atoms with Crippen molar-refractivity contribution in [2.75, 3.05) is 36.4 Å². The molecule has 0 saturated carbocycles. The van der Waals surface area contributed by atoms with Crippen molar-refractivity contribution in [3.63, 3.8) is 0 Å². The Morgan fingerprint density at radius 1 is 1.17 bits per heavy atom. The zero-order valence-electron chi connectivity index (χ0n) is 13.7. The van der Waals surface area contributed by atoms with Crippen molar-refractivity contribution in [1.82, 2.24) is 4.90 Å². The van der Waals surface area contributed by atoms with Crippen LogP contribution in [0.2, 0.25) is 0 Å². The largest absolute Gasteiger partial charge is 0.360 e. The van der Waals surface area contributed by atoms with Crippen molar-refractivity contribution >= 4 is 45.6 Å². The molecule has 0 bridgehead atoms. The van der Waals surface area contributed by atoms with Gasteiger partial charge in [0, 0.05) is 31.9 Å². The van der Waals surface area contributed by atoms with Gasteiger partial charge in [0.1, 0.15) is 0 Å². The van der Waals surface area contributed by atoms with Gasteiger partial charge in [0.15, 0.2) is 11.4 Å². The molecule has 4 nitrogen and oxygen atoms in total. The van der Waals surface area contributed by atoms with Crippen molar-refractivity contribution in [1.29, 1.82) is 0 Å². The molecule has 1 aromatic carbocycles. The number of hydrogen-bond acceptors (Lipinski definition) is 4. The Bertz CT molecular complexity index is 703. The summed E-state index contributed by atoms with van der Waals surface area (Å²) in [7, 11) is 0. The topological polar surface area (TPSA) is 35.6 Å². The fourth-order valence-electron chi connectivity index (χ4n) is 2.73. The first-order valence-corrected chi connectivity index (χ1v) is 9.37. The van der Waals surface area contributed by atoms with Crippen molar-refractivity contribution in [2.45, 2.75) is 13.3 Å². The molecule has 1 aromatic heterocycles. The van der Waals surface area contributed by atoms with Gasteiger partial charge in [0.25, 0.3) is 0 Å². The summed E-state index contributed by atoms with van der Waals surface area (Å²) < 4.78 is 0. The van der Waals surface area contributed by atoms with Crippen LogP contribution in [0, 0.1) is 0 Å². The number of thiocarbonyl (C=S) groups is 1. The molecule has 1 fully saturated rings. The zero-order valence-corrected chi connectivity index (χ0v) is 15.3. The number of nitrogens with zero attached hydrogens (tertiary/aromatic N) is 2. The van der Waals surface area contributed by atoms with E-state index in [9.17, 15) is 4.79 Å². The highest BCUT2D eigenvalue weighted by Gasteiger charge is 2.20. The Balaban J connectivity index is 1.53. The predicted molar refractivity (Wildman–Crippen MR) is 106 cm³/mol. The quantitative estimate of drug-likeness (QED) is 0.666. The van der Waals surface area contributed by atoms with Gasteiger partial charge in [0.2, 0.25) is 0 Å². The molecule has 0 aliphatic carbocycles. The van der Waals surface area contributed by atoms with E-state index < -0.39 is 0 Å². The fraction of sp³-hybridized carbons (Fsp3) is 0.333. The van der Waals surface area contributed by atoms with Crippen molar-refractivity contribution in [3.8, 4) is 0 Å². The molecule has 6 heteroatoms. The van der Waals surface area contributed by atoms with Gasteiger partial charge in [-0.25, -0.2) is 0 Å². The summed E-state index contributed by atoms with van der Waals surface area (Å²) in [5, 5.41) is 5.26. The van der Waals surface area contributed by atoms with Crippen LogP contribution in [-0.2, 0) is 6.42 Å². The molecule has 0 atom stereocenters. The summed E-state index contributed by atoms with van der Waals surface area (Å²) in [5.41, 5.74) is 2.36. The second kappa shape index (κ2) is 7.77. The SMILES string of the molecule is CCc1ccc(NC(=S)N2CCN(c3ccc(C=O)s3)CC2)cc1. The number of benzene rings is 1. The lowest BCUT2D eigenvalue weighted by Gasteiger charge is -2.36. The molecule has 24 heavy (non-hydrogen) atoms.